The van der Waals surface area contributed by atoms with Crippen LogP contribution in [-0.4, -0.2) is 15.0 Å². The Morgan fingerprint density at radius 2 is 0.909 bits per heavy atom. The number of anilines is 3. The maximum Gasteiger partial charge on any atom is 0.142 e. The molecule has 4 heteroatoms. The van der Waals surface area contributed by atoms with E-state index in [-0.39, 0.29) is 0 Å². The number of nitrogens with zero attached hydrogens (tertiary/aromatic N) is 4. The summed E-state index contributed by atoms with van der Waals surface area (Å²) in [7, 11) is 0. The number of rotatable bonds is 3. The predicted octanol–water partition coefficient (Wildman–Crippen LogP) is 4.27. The van der Waals surface area contributed by atoms with E-state index in [0.29, 0.717) is 0 Å². The van der Waals surface area contributed by atoms with E-state index >= 15 is 0 Å². The lowest BCUT2D eigenvalue weighted by Crippen LogP contribution is -2.17. The van der Waals surface area contributed by atoms with Gasteiger partial charge in [-0.05, 0) is 55.7 Å². The zero-order valence-electron chi connectivity index (χ0n) is 13.0. The average molecular weight is 290 g/mol. The lowest BCUT2D eigenvalue weighted by atomic mass is 10.2. The molecule has 0 unspecified atom stereocenters. The molecule has 0 fully saturated rings. The second-order valence-electron chi connectivity index (χ2n) is 5.27. The van der Waals surface area contributed by atoms with Crippen LogP contribution in [0.15, 0.2) is 55.0 Å². The highest BCUT2D eigenvalue weighted by molar-refractivity contribution is 5.74. The number of aryl methyl sites for hydroxylation is 3. The first kappa shape index (κ1) is 14.2. The third kappa shape index (κ3) is 2.55. The number of hydrogen-bond donors (Lipinski definition) is 0. The molecule has 0 aliphatic carbocycles. The topological polar surface area (TPSA) is 41.9 Å². The lowest BCUT2D eigenvalue weighted by molar-refractivity contribution is 1.04. The van der Waals surface area contributed by atoms with Crippen LogP contribution in [0.3, 0.4) is 0 Å². The van der Waals surface area contributed by atoms with E-state index in [2.05, 4.69) is 15.0 Å². The van der Waals surface area contributed by atoms with Crippen molar-refractivity contribution in [1.29, 1.82) is 0 Å². The third-order valence-electron chi connectivity index (χ3n) is 3.58. The fraction of sp³-hybridized carbons (Fsp3) is 0.167. The molecule has 0 atom stereocenters. The molecule has 0 spiro atoms. The highest BCUT2D eigenvalue weighted by atomic mass is 15.3. The van der Waals surface area contributed by atoms with Crippen LogP contribution in [0, 0.1) is 20.8 Å². The molecule has 0 aliphatic heterocycles. The van der Waals surface area contributed by atoms with Crippen molar-refractivity contribution in [1.82, 2.24) is 15.0 Å². The van der Waals surface area contributed by atoms with Gasteiger partial charge < -0.3 is 0 Å². The van der Waals surface area contributed by atoms with Gasteiger partial charge in [-0.25, -0.2) is 15.0 Å². The standard InChI is InChI=1S/C18H18N4/c1-13-7-4-10-19-16(13)22(17-14(2)8-5-11-20-17)18-15(3)9-6-12-21-18/h4-12H,1-3H3. The van der Waals surface area contributed by atoms with Crippen LogP contribution in [0.4, 0.5) is 17.5 Å². The van der Waals surface area contributed by atoms with Crippen LogP contribution in [-0.2, 0) is 0 Å². The Hall–Kier alpha value is -2.75. The summed E-state index contributed by atoms with van der Waals surface area (Å²) in [5, 5.41) is 0. The Morgan fingerprint density at radius 3 is 1.18 bits per heavy atom. The van der Waals surface area contributed by atoms with Crippen molar-refractivity contribution in [3.8, 4) is 0 Å². The summed E-state index contributed by atoms with van der Waals surface area (Å²) in [4.78, 5) is 15.7. The van der Waals surface area contributed by atoms with Crippen molar-refractivity contribution in [3.63, 3.8) is 0 Å². The van der Waals surface area contributed by atoms with Gasteiger partial charge in [0, 0.05) is 18.6 Å². The molecule has 0 aliphatic rings. The Kier molecular flexibility index (Phi) is 3.83. The molecule has 0 aromatic carbocycles. The monoisotopic (exact) mass is 290 g/mol. The van der Waals surface area contributed by atoms with Crippen LogP contribution < -0.4 is 4.90 Å². The van der Waals surface area contributed by atoms with E-state index < -0.39 is 0 Å². The second-order valence-corrected chi connectivity index (χ2v) is 5.27. The van der Waals surface area contributed by atoms with Crippen LogP contribution in [0.25, 0.3) is 0 Å². The average Bonchev–Trinajstić information content (AvgIpc) is 2.53. The van der Waals surface area contributed by atoms with E-state index in [9.17, 15) is 0 Å². The molecule has 0 radical (unpaired) electrons. The minimum absolute atomic E-state index is 0.853. The molecule has 0 bridgehead atoms. The Bertz CT molecular complexity index is 690. The van der Waals surface area contributed by atoms with E-state index in [4.69, 9.17) is 0 Å². The summed E-state index contributed by atoms with van der Waals surface area (Å²) in [5.41, 5.74) is 3.24. The van der Waals surface area contributed by atoms with Crippen LogP contribution in [0.2, 0.25) is 0 Å². The number of hydrogen-bond acceptors (Lipinski definition) is 4. The summed E-state index contributed by atoms with van der Waals surface area (Å²) in [6.07, 6.45) is 5.39. The van der Waals surface area contributed by atoms with E-state index in [0.717, 1.165) is 34.1 Å². The molecule has 110 valence electrons. The second kappa shape index (κ2) is 5.93. The van der Waals surface area contributed by atoms with Gasteiger partial charge in [-0.2, -0.15) is 0 Å². The van der Waals surface area contributed by atoms with Crippen LogP contribution >= 0.6 is 0 Å². The molecular weight excluding hydrogens is 272 g/mol. The Labute approximate surface area is 130 Å². The van der Waals surface area contributed by atoms with E-state index in [1.54, 1.807) is 18.6 Å². The SMILES string of the molecule is Cc1cccnc1N(c1ncccc1C)c1ncccc1C. The largest absolute Gasteiger partial charge is 0.262 e. The molecule has 0 saturated carbocycles. The molecule has 0 N–H and O–H groups in total. The molecule has 3 heterocycles. The number of pyridine rings is 3. The summed E-state index contributed by atoms with van der Waals surface area (Å²) in [5.74, 6) is 2.56. The molecule has 3 aromatic rings. The van der Waals surface area contributed by atoms with Crippen molar-refractivity contribution >= 4 is 17.5 Å². The quantitative estimate of drug-likeness (QED) is 0.722. The van der Waals surface area contributed by atoms with Gasteiger partial charge in [-0.15, -0.1) is 0 Å². The van der Waals surface area contributed by atoms with E-state index in [1.807, 2.05) is 62.1 Å². The third-order valence-corrected chi connectivity index (χ3v) is 3.58. The highest BCUT2D eigenvalue weighted by Crippen LogP contribution is 2.35. The van der Waals surface area contributed by atoms with Gasteiger partial charge >= 0.3 is 0 Å². The van der Waals surface area contributed by atoms with Crippen LogP contribution in [0.5, 0.6) is 0 Å². The first-order valence-corrected chi connectivity index (χ1v) is 7.23. The minimum atomic E-state index is 0.853. The van der Waals surface area contributed by atoms with Gasteiger partial charge in [-0.3, -0.25) is 4.90 Å². The molecule has 3 aromatic heterocycles. The van der Waals surface area contributed by atoms with Crippen molar-refractivity contribution in [2.24, 2.45) is 0 Å². The number of aromatic nitrogens is 3. The lowest BCUT2D eigenvalue weighted by Gasteiger charge is -2.25. The van der Waals surface area contributed by atoms with Gasteiger partial charge in [0.15, 0.2) is 0 Å². The summed E-state index contributed by atoms with van der Waals surface area (Å²) in [6.45, 7) is 6.14. The highest BCUT2D eigenvalue weighted by Gasteiger charge is 2.20. The van der Waals surface area contributed by atoms with Gasteiger partial charge in [0.05, 0.1) is 0 Å². The van der Waals surface area contributed by atoms with Crippen molar-refractivity contribution in [3.05, 3.63) is 71.7 Å². The zero-order chi connectivity index (χ0) is 15.5. The van der Waals surface area contributed by atoms with Gasteiger partial charge in [0.25, 0.3) is 0 Å². The molecule has 0 amide bonds. The van der Waals surface area contributed by atoms with Crippen molar-refractivity contribution in [2.45, 2.75) is 20.8 Å². The fourth-order valence-corrected chi connectivity index (χ4v) is 2.44. The van der Waals surface area contributed by atoms with Gasteiger partial charge in [0.2, 0.25) is 0 Å². The first-order valence-electron chi connectivity index (χ1n) is 7.23. The van der Waals surface area contributed by atoms with Crippen LogP contribution in [0.1, 0.15) is 16.7 Å². The molecule has 22 heavy (non-hydrogen) atoms. The molecule has 3 rings (SSSR count). The van der Waals surface area contributed by atoms with Gasteiger partial charge in [0.1, 0.15) is 17.5 Å². The minimum Gasteiger partial charge on any atom is -0.262 e. The smallest absolute Gasteiger partial charge is 0.142 e. The summed E-state index contributed by atoms with van der Waals surface area (Å²) < 4.78 is 0. The molecule has 4 nitrogen and oxygen atoms in total. The summed E-state index contributed by atoms with van der Waals surface area (Å²) in [6, 6.07) is 12.0. The predicted molar refractivity (Wildman–Crippen MR) is 88.7 cm³/mol. The summed E-state index contributed by atoms with van der Waals surface area (Å²) >= 11 is 0. The Balaban J connectivity index is 2.27. The molecular formula is C18H18N4. The Morgan fingerprint density at radius 1 is 0.591 bits per heavy atom. The maximum absolute atomic E-state index is 4.56. The fourth-order valence-electron chi connectivity index (χ4n) is 2.44. The molecule has 0 saturated heterocycles. The first-order chi connectivity index (χ1) is 10.7. The van der Waals surface area contributed by atoms with E-state index in [1.165, 1.54) is 0 Å². The van der Waals surface area contributed by atoms with Crippen molar-refractivity contribution in [2.75, 3.05) is 4.90 Å². The zero-order valence-corrected chi connectivity index (χ0v) is 13.0. The van der Waals surface area contributed by atoms with Crippen molar-refractivity contribution < 1.29 is 0 Å². The normalized spacial score (nSPS) is 10.5. The van der Waals surface area contributed by atoms with Gasteiger partial charge in [-0.1, -0.05) is 18.2 Å². The maximum atomic E-state index is 4.56.